The van der Waals surface area contributed by atoms with Crippen LogP contribution in [0.15, 0.2) is 0 Å². The fraction of sp³-hybridized carbons (Fsp3) is 0.750. The summed E-state index contributed by atoms with van der Waals surface area (Å²) in [6.07, 6.45) is 1.67. The fourth-order valence-corrected chi connectivity index (χ4v) is 3.96. The van der Waals surface area contributed by atoms with E-state index in [4.69, 9.17) is 0 Å². The van der Waals surface area contributed by atoms with Crippen molar-refractivity contribution in [3.8, 4) is 0 Å². The summed E-state index contributed by atoms with van der Waals surface area (Å²) in [5, 5.41) is 14.7. The second-order valence-electron chi connectivity index (χ2n) is 4.91. The van der Waals surface area contributed by atoms with Gasteiger partial charge in [-0.2, -0.15) is 0 Å². The highest BCUT2D eigenvalue weighted by molar-refractivity contribution is 8.00. The van der Waals surface area contributed by atoms with Crippen LogP contribution >= 0.6 is 11.8 Å². The Hall–Kier alpha value is -1.28. The van der Waals surface area contributed by atoms with E-state index in [1.54, 1.807) is 0 Å². The molecule has 2 saturated heterocycles. The second-order valence-corrected chi connectivity index (χ2v) is 6.12. The molecule has 2 amide bonds. The number of carbonyl (C=O) groups excluding carboxylic acids is 2. The molecule has 0 aromatic heterocycles. The molecule has 3 atom stereocenters. The number of amides is 2. The van der Waals surface area contributed by atoms with Crippen LogP contribution in [0.3, 0.4) is 0 Å². The Balaban J connectivity index is 2.10. The van der Waals surface area contributed by atoms with Crippen molar-refractivity contribution in [1.82, 2.24) is 15.5 Å². The average Bonchev–Trinajstić information content (AvgIpc) is 2.83. The third kappa shape index (κ3) is 3.06. The zero-order valence-corrected chi connectivity index (χ0v) is 12.1. The second kappa shape index (κ2) is 6.45. The standard InChI is InChI=1S/C12H19N3O4S/c1-2-3-10-15(8(6-20-10)12(18)19)11(17)7-4-14-9(16)5-13-7/h7-8,10,13H,2-6H2,1H3,(H,14,16)(H,18,19). The molecule has 0 aromatic rings. The Morgan fingerprint density at radius 3 is 2.80 bits per heavy atom. The molecule has 0 aromatic carbocycles. The van der Waals surface area contributed by atoms with Gasteiger partial charge in [-0.3, -0.25) is 14.9 Å². The zero-order chi connectivity index (χ0) is 14.7. The van der Waals surface area contributed by atoms with Gasteiger partial charge in [-0.25, -0.2) is 4.79 Å². The zero-order valence-electron chi connectivity index (χ0n) is 11.3. The van der Waals surface area contributed by atoms with Crippen LogP contribution in [0.2, 0.25) is 0 Å². The van der Waals surface area contributed by atoms with E-state index in [-0.39, 0.29) is 30.3 Å². The van der Waals surface area contributed by atoms with Crippen LogP contribution in [0, 0.1) is 0 Å². The molecule has 3 unspecified atom stereocenters. The van der Waals surface area contributed by atoms with Crippen LogP contribution in [-0.4, -0.2) is 64.1 Å². The summed E-state index contributed by atoms with van der Waals surface area (Å²) in [4.78, 5) is 36.4. The summed E-state index contributed by atoms with van der Waals surface area (Å²) in [6.45, 7) is 2.31. The van der Waals surface area contributed by atoms with E-state index in [2.05, 4.69) is 10.6 Å². The Bertz CT molecular complexity index is 408. The summed E-state index contributed by atoms with van der Waals surface area (Å²) < 4.78 is 0. The Morgan fingerprint density at radius 2 is 2.25 bits per heavy atom. The van der Waals surface area contributed by atoms with E-state index in [9.17, 15) is 19.5 Å². The lowest BCUT2D eigenvalue weighted by atomic mass is 10.1. The van der Waals surface area contributed by atoms with Crippen LogP contribution in [0.5, 0.6) is 0 Å². The van der Waals surface area contributed by atoms with Crippen molar-refractivity contribution in [3.63, 3.8) is 0 Å². The van der Waals surface area contributed by atoms with Crippen LogP contribution in [-0.2, 0) is 14.4 Å². The summed E-state index contributed by atoms with van der Waals surface area (Å²) >= 11 is 1.51. The minimum absolute atomic E-state index is 0.0898. The third-order valence-electron chi connectivity index (χ3n) is 3.48. The summed E-state index contributed by atoms with van der Waals surface area (Å²) in [7, 11) is 0. The number of nitrogens with one attached hydrogen (secondary N) is 2. The first-order valence-electron chi connectivity index (χ1n) is 6.71. The predicted octanol–water partition coefficient (Wildman–Crippen LogP) is -0.771. The van der Waals surface area contributed by atoms with Gasteiger partial charge < -0.3 is 15.3 Å². The number of hydrogen-bond donors (Lipinski definition) is 3. The van der Waals surface area contributed by atoms with Gasteiger partial charge >= 0.3 is 5.97 Å². The monoisotopic (exact) mass is 301 g/mol. The predicted molar refractivity (Wildman–Crippen MR) is 74.2 cm³/mol. The van der Waals surface area contributed by atoms with Crippen molar-refractivity contribution in [3.05, 3.63) is 0 Å². The number of piperazine rings is 1. The lowest BCUT2D eigenvalue weighted by Crippen LogP contribution is -2.61. The van der Waals surface area contributed by atoms with Crippen molar-refractivity contribution in [2.24, 2.45) is 0 Å². The number of thioether (sulfide) groups is 1. The van der Waals surface area contributed by atoms with E-state index in [0.29, 0.717) is 5.75 Å². The normalized spacial score (nSPS) is 30.1. The number of carboxylic acids is 1. The van der Waals surface area contributed by atoms with E-state index in [1.807, 2.05) is 6.92 Å². The number of nitrogens with zero attached hydrogens (tertiary/aromatic N) is 1. The number of rotatable bonds is 4. The highest BCUT2D eigenvalue weighted by Crippen LogP contribution is 2.32. The van der Waals surface area contributed by atoms with Gasteiger partial charge in [0.1, 0.15) is 12.1 Å². The summed E-state index contributed by atoms with van der Waals surface area (Å²) in [5.74, 6) is -0.931. The molecule has 2 aliphatic heterocycles. The van der Waals surface area contributed by atoms with Gasteiger partial charge in [0.05, 0.1) is 11.9 Å². The van der Waals surface area contributed by atoms with Gasteiger partial charge in [-0.15, -0.1) is 11.8 Å². The molecule has 0 spiro atoms. The van der Waals surface area contributed by atoms with Crippen LogP contribution in [0.4, 0.5) is 0 Å². The molecule has 8 heteroatoms. The highest BCUT2D eigenvalue weighted by Gasteiger charge is 2.43. The molecule has 2 fully saturated rings. The van der Waals surface area contributed by atoms with Gasteiger partial charge in [0.2, 0.25) is 11.8 Å². The third-order valence-corrected chi connectivity index (χ3v) is 4.83. The summed E-state index contributed by atoms with van der Waals surface area (Å²) in [6, 6.07) is -1.31. The van der Waals surface area contributed by atoms with Gasteiger partial charge in [0.15, 0.2) is 0 Å². The van der Waals surface area contributed by atoms with Crippen molar-refractivity contribution in [1.29, 1.82) is 0 Å². The van der Waals surface area contributed by atoms with Crippen molar-refractivity contribution < 1.29 is 19.5 Å². The average molecular weight is 301 g/mol. The van der Waals surface area contributed by atoms with E-state index < -0.39 is 18.1 Å². The molecule has 0 radical (unpaired) electrons. The minimum atomic E-state index is -0.968. The van der Waals surface area contributed by atoms with Crippen molar-refractivity contribution in [2.45, 2.75) is 37.2 Å². The molecule has 2 heterocycles. The van der Waals surface area contributed by atoms with Gasteiger partial charge in [0.25, 0.3) is 0 Å². The number of aliphatic carboxylic acids is 1. The largest absolute Gasteiger partial charge is 0.480 e. The summed E-state index contributed by atoms with van der Waals surface area (Å²) in [5.41, 5.74) is 0. The van der Waals surface area contributed by atoms with Gasteiger partial charge in [-0.05, 0) is 6.42 Å². The molecule has 2 rings (SSSR count). The van der Waals surface area contributed by atoms with E-state index in [0.717, 1.165) is 12.8 Å². The van der Waals surface area contributed by atoms with E-state index in [1.165, 1.54) is 16.7 Å². The smallest absolute Gasteiger partial charge is 0.327 e. The van der Waals surface area contributed by atoms with Crippen LogP contribution in [0.1, 0.15) is 19.8 Å². The Morgan fingerprint density at radius 1 is 1.50 bits per heavy atom. The Kier molecular flexibility index (Phi) is 4.87. The molecule has 20 heavy (non-hydrogen) atoms. The Labute approximate surface area is 121 Å². The van der Waals surface area contributed by atoms with Crippen molar-refractivity contribution >= 4 is 29.5 Å². The quantitative estimate of drug-likeness (QED) is 0.631. The lowest BCUT2D eigenvalue weighted by Gasteiger charge is -2.32. The van der Waals surface area contributed by atoms with Gasteiger partial charge in [-0.1, -0.05) is 13.3 Å². The van der Waals surface area contributed by atoms with Crippen LogP contribution in [0.25, 0.3) is 0 Å². The molecular weight excluding hydrogens is 282 g/mol. The fourth-order valence-electron chi connectivity index (χ4n) is 2.44. The molecule has 0 aliphatic carbocycles. The lowest BCUT2D eigenvalue weighted by molar-refractivity contribution is -0.150. The first-order chi connectivity index (χ1) is 9.54. The highest BCUT2D eigenvalue weighted by atomic mass is 32.2. The molecule has 2 aliphatic rings. The number of carbonyl (C=O) groups is 3. The maximum absolute atomic E-state index is 12.5. The molecule has 0 saturated carbocycles. The molecule has 3 N–H and O–H groups in total. The molecular formula is C12H19N3O4S. The topological polar surface area (TPSA) is 98.7 Å². The minimum Gasteiger partial charge on any atom is -0.480 e. The maximum atomic E-state index is 12.5. The molecule has 112 valence electrons. The maximum Gasteiger partial charge on any atom is 0.327 e. The first kappa shape index (κ1) is 15.1. The SMILES string of the molecule is CCCC1SCC(C(=O)O)N1C(=O)C1CNC(=O)CN1. The van der Waals surface area contributed by atoms with Gasteiger partial charge in [0, 0.05) is 12.3 Å². The number of hydrogen-bond acceptors (Lipinski definition) is 5. The molecule has 7 nitrogen and oxygen atoms in total. The van der Waals surface area contributed by atoms with Crippen LogP contribution < -0.4 is 10.6 Å². The first-order valence-corrected chi connectivity index (χ1v) is 7.76. The van der Waals surface area contributed by atoms with Crippen molar-refractivity contribution in [2.75, 3.05) is 18.8 Å². The molecule has 0 bridgehead atoms. The number of carboxylic acid groups (broad SMARTS) is 1. The van der Waals surface area contributed by atoms with E-state index >= 15 is 0 Å².